The monoisotopic (exact) mass is 312 g/mol. The van der Waals surface area contributed by atoms with Gasteiger partial charge in [0.25, 0.3) is 0 Å². The summed E-state index contributed by atoms with van der Waals surface area (Å²) in [5, 5.41) is 16.3. The van der Waals surface area contributed by atoms with Gasteiger partial charge in [-0.05, 0) is 56.5 Å². The zero-order valence-corrected chi connectivity index (χ0v) is 12.5. The van der Waals surface area contributed by atoms with Gasteiger partial charge in [-0.25, -0.2) is 8.78 Å². The van der Waals surface area contributed by atoms with E-state index in [2.05, 4.69) is 10.6 Å². The third-order valence-electron chi connectivity index (χ3n) is 4.00. The number of carbonyl (C=O) groups excluding carboxylic acids is 1. The molecule has 122 valence electrons. The van der Waals surface area contributed by atoms with Gasteiger partial charge >= 0.3 is 0 Å². The molecule has 1 heterocycles. The Morgan fingerprint density at radius 1 is 1.27 bits per heavy atom. The molecule has 3 N–H and O–H groups in total. The standard InChI is InChI=1S/C16H22F2N2O2/c17-13-4-2-12(10-14(13)18)3-5-15(21)20-11-16(22)6-1-8-19-9-7-16/h2,4,10,19,22H,1,3,5-9,11H2,(H,20,21). The van der Waals surface area contributed by atoms with Crippen LogP contribution in [0.1, 0.15) is 31.2 Å². The van der Waals surface area contributed by atoms with Gasteiger partial charge in [0, 0.05) is 13.0 Å². The van der Waals surface area contributed by atoms with Crippen molar-refractivity contribution in [2.75, 3.05) is 19.6 Å². The zero-order valence-electron chi connectivity index (χ0n) is 12.5. The molecule has 0 aliphatic carbocycles. The molecule has 1 aliphatic rings. The number of amides is 1. The number of rotatable bonds is 5. The van der Waals surface area contributed by atoms with Crippen LogP contribution < -0.4 is 10.6 Å². The van der Waals surface area contributed by atoms with Crippen molar-refractivity contribution in [3.05, 3.63) is 35.4 Å². The van der Waals surface area contributed by atoms with Crippen molar-refractivity contribution >= 4 is 5.91 Å². The minimum atomic E-state index is -0.904. The number of nitrogens with one attached hydrogen (secondary N) is 2. The van der Waals surface area contributed by atoms with Gasteiger partial charge in [0.1, 0.15) is 0 Å². The van der Waals surface area contributed by atoms with Crippen molar-refractivity contribution in [3.63, 3.8) is 0 Å². The molecule has 1 aromatic carbocycles. The average Bonchev–Trinajstić information content (AvgIpc) is 2.72. The molecule has 0 spiro atoms. The maximum absolute atomic E-state index is 13.1. The van der Waals surface area contributed by atoms with Gasteiger partial charge in [-0.2, -0.15) is 0 Å². The van der Waals surface area contributed by atoms with E-state index < -0.39 is 17.2 Å². The van der Waals surface area contributed by atoms with Crippen LogP contribution >= 0.6 is 0 Å². The van der Waals surface area contributed by atoms with E-state index in [1.807, 2.05) is 0 Å². The topological polar surface area (TPSA) is 61.4 Å². The van der Waals surface area contributed by atoms with Gasteiger partial charge in [0.05, 0.1) is 5.60 Å². The van der Waals surface area contributed by atoms with Crippen molar-refractivity contribution in [1.29, 1.82) is 0 Å². The molecule has 4 nitrogen and oxygen atoms in total. The van der Waals surface area contributed by atoms with E-state index in [4.69, 9.17) is 0 Å². The minimum Gasteiger partial charge on any atom is -0.388 e. The molecular weight excluding hydrogens is 290 g/mol. The highest BCUT2D eigenvalue weighted by Gasteiger charge is 2.28. The lowest BCUT2D eigenvalue weighted by atomic mass is 9.95. The van der Waals surface area contributed by atoms with Crippen LogP contribution in [0.5, 0.6) is 0 Å². The van der Waals surface area contributed by atoms with Gasteiger partial charge in [-0.3, -0.25) is 4.79 Å². The summed E-state index contributed by atoms with van der Waals surface area (Å²) < 4.78 is 25.9. The summed E-state index contributed by atoms with van der Waals surface area (Å²) in [5.74, 6) is -1.99. The Kier molecular flexibility index (Phi) is 5.85. The van der Waals surface area contributed by atoms with E-state index in [0.717, 1.165) is 31.6 Å². The summed E-state index contributed by atoms with van der Waals surface area (Å²) in [6.07, 6.45) is 2.66. The lowest BCUT2D eigenvalue weighted by Crippen LogP contribution is -2.43. The molecule has 1 fully saturated rings. The van der Waals surface area contributed by atoms with Gasteiger partial charge in [-0.1, -0.05) is 6.07 Å². The number of hydrogen-bond acceptors (Lipinski definition) is 3. The number of aryl methyl sites for hydroxylation is 1. The Hall–Kier alpha value is -1.53. The SMILES string of the molecule is O=C(CCc1ccc(F)c(F)c1)NCC1(O)CCCNCC1. The van der Waals surface area contributed by atoms with Crippen LogP contribution in [0.2, 0.25) is 0 Å². The second kappa shape index (κ2) is 7.65. The number of halogens is 2. The number of benzene rings is 1. The fourth-order valence-corrected chi connectivity index (χ4v) is 2.59. The van der Waals surface area contributed by atoms with Crippen molar-refractivity contribution < 1.29 is 18.7 Å². The molecule has 1 aromatic rings. The summed E-state index contributed by atoms with van der Waals surface area (Å²) >= 11 is 0. The zero-order chi connectivity index (χ0) is 16.0. The smallest absolute Gasteiger partial charge is 0.220 e. The molecule has 0 aromatic heterocycles. The fourth-order valence-electron chi connectivity index (χ4n) is 2.59. The van der Waals surface area contributed by atoms with Crippen LogP contribution in [0.3, 0.4) is 0 Å². The van der Waals surface area contributed by atoms with Crippen molar-refractivity contribution in [2.24, 2.45) is 0 Å². The van der Waals surface area contributed by atoms with Crippen molar-refractivity contribution in [2.45, 2.75) is 37.7 Å². The van der Waals surface area contributed by atoms with Crippen LogP contribution in [-0.4, -0.2) is 36.2 Å². The van der Waals surface area contributed by atoms with E-state index >= 15 is 0 Å². The van der Waals surface area contributed by atoms with E-state index in [-0.39, 0.29) is 18.9 Å². The minimum absolute atomic E-state index is 0.180. The van der Waals surface area contributed by atoms with Crippen molar-refractivity contribution in [1.82, 2.24) is 10.6 Å². The fraction of sp³-hybridized carbons (Fsp3) is 0.562. The highest BCUT2D eigenvalue weighted by Crippen LogP contribution is 2.18. The molecule has 22 heavy (non-hydrogen) atoms. The number of aliphatic hydroxyl groups is 1. The summed E-state index contributed by atoms with van der Waals surface area (Å²) in [4.78, 5) is 11.8. The molecule has 1 saturated heterocycles. The predicted octanol–water partition coefficient (Wildman–Crippen LogP) is 1.52. The van der Waals surface area contributed by atoms with Gasteiger partial charge < -0.3 is 15.7 Å². The highest BCUT2D eigenvalue weighted by atomic mass is 19.2. The first-order valence-electron chi connectivity index (χ1n) is 7.62. The Balaban J connectivity index is 1.76. The molecular formula is C16H22F2N2O2. The number of hydrogen-bond donors (Lipinski definition) is 3. The lowest BCUT2D eigenvalue weighted by molar-refractivity contribution is -0.122. The van der Waals surface area contributed by atoms with Crippen LogP contribution in [0.15, 0.2) is 18.2 Å². The normalized spacial score (nSPS) is 22.1. The first-order chi connectivity index (χ1) is 10.5. The second-order valence-electron chi connectivity index (χ2n) is 5.85. The van der Waals surface area contributed by atoms with Crippen LogP contribution in [0.4, 0.5) is 8.78 Å². The molecule has 1 aliphatic heterocycles. The van der Waals surface area contributed by atoms with Gasteiger partial charge in [0.2, 0.25) is 5.91 Å². The van der Waals surface area contributed by atoms with Crippen LogP contribution in [0, 0.1) is 11.6 Å². The first-order valence-corrected chi connectivity index (χ1v) is 7.62. The van der Waals surface area contributed by atoms with Crippen LogP contribution in [0.25, 0.3) is 0 Å². The number of carbonyl (C=O) groups is 1. The predicted molar refractivity (Wildman–Crippen MR) is 79.4 cm³/mol. The van der Waals surface area contributed by atoms with Crippen LogP contribution in [-0.2, 0) is 11.2 Å². The summed E-state index contributed by atoms with van der Waals surface area (Å²) in [7, 11) is 0. The van der Waals surface area contributed by atoms with E-state index in [0.29, 0.717) is 24.8 Å². The largest absolute Gasteiger partial charge is 0.388 e. The van der Waals surface area contributed by atoms with Gasteiger partial charge in [-0.15, -0.1) is 0 Å². The molecule has 0 saturated carbocycles. The Morgan fingerprint density at radius 3 is 2.86 bits per heavy atom. The molecule has 1 atom stereocenters. The third kappa shape index (κ3) is 5.03. The molecule has 6 heteroatoms. The molecule has 1 amide bonds. The Bertz CT molecular complexity index is 515. The summed E-state index contributed by atoms with van der Waals surface area (Å²) in [5.41, 5.74) is -0.285. The molecule has 0 radical (unpaired) electrons. The van der Waals surface area contributed by atoms with E-state index in [1.165, 1.54) is 6.07 Å². The van der Waals surface area contributed by atoms with E-state index in [9.17, 15) is 18.7 Å². The maximum atomic E-state index is 13.1. The molecule has 1 unspecified atom stereocenters. The summed E-state index contributed by atoms with van der Waals surface area (Å²) in [6, 6.07) is 3.63. The van der Waals surface area contributed by atoms with Crippen molar-refractivity contribution in [3.8, 4) is 0 Å². The average molecular weight is 312 g/mol. The highest BCUT2D eigenvalue weighted by molar-refractivity contribution is 5.76. The Morgan fingerprint density at radius 2 is 2.09 bits per heavy atom. The van der Waals surface area contributed by atoms with E-state index in [1.54, 1.807) is 0 Å². The lowest BCUT2D eigenvalue weighted by Gasteiger charge is -2.26. The second-order valence-corrected chi connectivity index (χ2v) is 5.85. The Labute approximate surface area is 128 Å². The quantitative estimate of drug-likeness (QED) is 0.772. The maximum Gasteiger partial charge on any atom is 0.220 e. The molecule has 2 rings (SSSR count). The first kappa shape index (κ1) is 16.8. The van der Waals surface area contributed by atoms with Gasteiger partial charge in [0.15, 0.2) is 11.6 Å². The molecule has 0 bridgehead atoms. The third-order valence-corrected chi connectivity index (χ3v) is 4.00. The summed E-state index contributed by atoms with van der Waals surface area (Å²) in [6.45, 7) is 1.85.